The van der Waals surface area contributed by atoms with Crippen LogP contribution in [0.3, 0.4) is 0 Å². The maximum atomic E-state index is 12.8. The molecule has 110 valence electrons. The molecular weight excluding hydrogens is 268 g/mol. The normalized spacial score (nSPS) is 25.0. The standard InChI is InChI=1S/C15H18N4O2/c1-18-8-10(7-16)6-13(18)15(21)19-9-14(20)17-11-4-2-3-5-12(11)19/h6,8,11-12H,2-5,9H2,1H3,(H,17,20)/t11-,12+/m0/s1. The Kier molecular flexibility index (Phi) is 3.42. The highest BCUT2D eigenvalue weighted by molar-refractivity contribution is 5.96. The first-order valence-electron chi connectivity index (χ1n) is 7.27. The molecule has 1 saturated heterocycles. The summed E-state index contributed by atoms with van der Waals surface area (Å²) in [6, 6.07) is 3.77. The highest BCUT2D eigenvalue weighted by Gasteiger charge is 2.39. The molecule has 2 heterocycles. The molecule has 2 atom stereocenters. The number of hydrogen-bond acceptors (Lipinski definition) is 3. The van der Waals surface area contributed by atoms with E-state index in [0.717, 1.165) is 25.7 Å². The highest BCUT2D eigenvalue weighted by Crippen LogP contribution is 2.27. The Morgan fingerprint density at radius 1 is 1.43 bits per heavy atom. The van der Waals surface area contributed by atoms with Gasteiger partial charge in [-0.15, -0.1) is 0 Å². The number of nitriles is 1. The number of aromatic nitrogens is 1. The van der Waals surface area contributed by atoms with Crippen LogP contribution in [0.4, 0.5) is 0 Å². The van der Waals surface area contributed by atoms with Gasteiger partial charge >= 0.3 is 0 Å². The summed E-state index contributed by atoms with van der Waals surface area (Å²) < 4.78 is 1.66. The molecule has 2 aliphatic rings. The van der Waals surface area contributed by atoms with Crippen molar-refractivity contribution in [3.05, 3.63) is 23.5 Å². The average Bonchev–Trinajstić information content (AvgIpc) is 2.86. The molecule has 6 nitrogen and oxygen atoms in total. The fourth-order valence-electron chi connectivity index (χ4n) is 3.38. The Hall–Kier alpha value is -2.29. The van der Waals surface area contributed by atoms with Crippen LogP contribution in [0.25, 0.3) is 0 Å². The van der Waals surface area contributed by atoms with Crippen molar-refractivity contribution in [1.29, 1.82) is 5.26 Å². The SMILES string of the molecule is Cn1cc(C#N)cc1C(=O)N1CC(=O)N[C@H]2CCCC[C@H]21. The lowest BCUT2D eigenvalue weighted by atomic mass is 9.87. The van der Waals surface area contributed by atoms with E-state index < -0.39 is 0 Å². The van der Waals surface area contributed by atoms with E-state index in [4.69, 9.17) is 5.26 Å². The van der Waals surface area contributed by atoms with Gasteiger partial charge in [0.05, 0.1) is 11.6 Å². The predicted molar refractivity (Wildman–Crippen MR) is 75.4 cm³/mol. The van der Waals surface area contributed by atoms with E-state index in [1.165, 1.54) is 0 Å². The molecule has 0 bridgehead atoms. The Morgan fingerprint density at radius 2 is 2.19 bits per heavy atom. The molecule has 2 amide bonds. The summed E-state index contributed by atoms with van der Waals surface area (Å²) in [5, 5.41) is 11.9. The van der Waals surface area contributed by atoms with Gasteiger partial charge in [0.1, 0.15) is 18.3 Å². The molecule has 0 radical (unpaired) electrons. The van der Waals surface area contributed by atoms with E-state index in [-0.39, 0.29) is 30.4 Å². The van der Waals surface area contributed by atoms with Crippen LogP contribution in [-0.4, -0.2) is 39.9 Å². The van der Waals surface area contributed by atoms with Crippen LogP contribution in [-0.2, 0) is 11.8 Å². The third-order valence-corrected chi connectivity index (χ3v) is 4.40. The molecular formula is C15H18N4O2. The summed E-state index contributed by atoms with van der Waals surface area (Å²) in [5.41, 5.74) is 0.924. The van der Waals surface area contributed by atoms with Crippen molar-refractivity contribution < 1.29 is 9.59 Å². The third kappa shape index (κ3) is 2.40. The fourth-order valence-corrected chi connectivity index (χ4v) is 3.38. The molecule has 0 unspecified atom stereocenters. The van der Waals surface area contributed by atoms with Gasteiger partial charge in [0, 0.05) is 19.3 Å². The van der Waals surface area contributed by atoms with E-state index in [1.54, 1.807) is 28.8 Å². The number of fused-ring (bicyclic) bond motifs is 1. The molecule has 1 N–H and O–H groups in total. The number of amides is 2. The van der Waals surface area contributed by atoms with Gasteiger partial charge in [0.15, 0.2) is 0 Å². The molecule has 1 aromatic rings. The van der Waals surface area contributed by atoms with Gasteiger partial charge in [-0.05, 0) is 18.9 Å². The number of nitrogens with one attached hydrogen (secondary N) is 1. The summed E-state index contributed by atoms with van der Waals surface area (Å²) in [6.07, 6.45) is 5.65. The minimum absolute atomic E-state index is 0.0691. The van der Waals surface area contributed by atoms with Crippen LogP contribution in [0.2, 0.25) is 0 Å². The summed E-state index contributed by atoms with van der Waals surface area (Å²) in [4.78, 5) is 26.3. The van der Waals surface area contributed by atoms with Crippen LogP contribution in [0.5, 0.6) is 0 Å². The lowest BCUT2D eigenvalue weighted by Gasteiger charge is -2.43. The Bertz CT molecular complexity index is 628. The van der Waals surface area contributed by atoms with E-state index in [2.05, 4.69) is 5.32 Å². The smallest absolute Gasteiger partial charge is 0.271 e. The van der Waals surface area contributed by atoms with Crippen molar-refractivity contribution in [2.45, 2.75) is 37.8 Å². The first-order valence-corrected chi connectivity index (χ1v) is 7.27. The topological polar surface area (TPSA) is 78.1 Å². The zero-order valence-electron chi connectivity index (χ0n) is 12.0. The van der Waals surface area contributed by atoms with Crippen LogP contribution < -0.4 is 5.32 Å². The minimum Gasteiger partial charge on any atom is -0.350 e. The van der Waals surface area contributed by atoms with Crippen LogP contribution >= 0.6 is 0 Å². The summed E-state index contributed by atoms with van der Waals surface area (Å²) in [5.74, 6) is -0.257. The number of rotatable bonds is 1. The molecule has 2 fully saturated rings. The molecule has 1 aliphatic heterocycles. The lowest BCUT2D eigenvalue weighted by Crippen LogP contribution is -2.63. The maximum absolute atomic E-state index is 12.8. The lowest BCUT2D eigenvalue weighted by molar-refractivity contribution is -0.127. The molecule has 3 rings (SSSR count). The molecule has 0 aromatic carbocycles. The molecule has 0 spiro atoms. The molecule has 1 aliphatic carbocycles. The number of aryl methyl sites for hydroxylation is 1. The van der Waals surface area contributed by atoms with E-state index in [0.29, 0.717) is 11.3 Å². The molecule has 6 heteroatoms. The monoisotopic (exact) mass is 286 g/mol. The second-order valence-corrected chi connectivity index (χ2v) is 5.80. The van der Waals surface area contributed by atoms with E-state index in [1.807, 2.05) is 6.07 Å². The quantitative estimate of drug-likeness (QED) is 0.828. The van der Waals surface area contributed by atoms with Crippen molar-refractivity contribution in [2.24, 2.45) is 7.05 Å². The number of carbonyl (C=O) groups is 2. The zero-order valence-corrected chi connectivity index (χ0v) is 12.0. The largest absolute Gasteiger partial charge is 0.350 e. The van der Waals surface area contributed by atoms with Gasteiger partial charge in [-0.3, -0.25) is 9.59 Å². The summed E-state index contributed by atoms with van der Waals surface area (Å²) >= 11 is 0. The summed E-state index contributed by atoms with van der Waals surface area (Å²) in [7, 11) is 1.75. The number of nitrogens with zero attached hydrogens (tertiary/aromatic N) is 3. The zero-order chi connectivity index (χ0) is 15.0. The van der Waals surface area contributed by atoms with Gasteiger partial charge in [-0.2, -0.15) is 5.26 Å². The van der Waals surface area contributed by atoms with Crippen LogP contribution in [0.1, 0.15) is 41.7 Å². The second-order valence-electron chi connectivity index (χ2n) is 5.80. The van der Waals surface area contributed by atoms with Gasteiger partial charge in [-0.25, -0.2) is 0 Å². The predicted octanol–water partition coefficient (Wildman–Crippen LogP) is 0.780. The molecule has 21 heavy (non-hydrogen) atoms. The van der Waals surface area contributed by atoms with Crippen molar-refractivity contribution in [3.8, 4) is 6.07 Å². The Morgan fingerprint density at radius 3 is 2.90 bits per heavy atom. The third-order valence-electron chi connectivity index (χ3n) is 4.40. The fraction of sp³-hybridized carbons (Fsp3) is 0.533. The van der Waals surface area contributed by atoms with Gasteiger partial charge in [-0.1, -0.05) is 12.8 Å². The van der Waals surface area contributed by atoms with Crippen molar-refractivity contribution in [2.75, 3.05) is 6.54 Å². The highest BCUT2D eigenvalue weighted by atomic mass is 16.2. The number of piperazine rings is 1. The van der Waals surface area contributed by atoms with Crippen LogP contribution in [0, 0.1) is 11.3 Å². The van der Waals surface area contributed by atoms with E-state index >= 15 is 0 Å². The molecule has 1 saturated carbocycles. The van der Waals surface area contributed by atoms with Crippen molar-refractivity contribution in [1.82, 2.24) is 14.8 Å². The Balaban J connectivity index is 1.89. The maximum Gasteiger partial charge on any atom is 0.271 e. The van der Waals surface area contributed by atoms with Crippen LogP contribution in [0.15, 0.2) is 12.3 Å². The second kappa shape index (κ2) is 5.24. The first kappa shape index (κ1) is 13.7. The number of carbonyl (C=O) groups excluding carboxylic acids is 2. The van der Waals surface area contributed by atoms with Gasteiger partial charge < -0.3 is 14.8 Å². The van der Waals surface area contributed by atoms with Crippen molar-refractivity contribution >= 4 is 11.8 Å². The Labute approximate surface area is 123 Å². The molecule has 1 aromatic heterocycles. The first-order chi connectivity index (χ1) is 10.1. The summed E-state index contributed by atoms with van der Waals surface area (Å²) in [6.45, 7) is 0.104. The van der Waals surface area contributed by atoms with Gasteiger partial charge in [0.25, 0.3) is 5.91 Å². The average molecular weight is 286 g/mol. The minimum atomic E-state index is -0.161. The van der Waals surface area contributed by atoms with E-state index in [9.17, 15) is 9.59 Å². The van der Waals surface area contributed by atoms with Crippen molar-refractivity contribution in [3.63, 3.8) is 0 Å². The number of hydrogen-bond donors (Lipinski definition) is 1. The van der Waals surface area contributed by atoms with Gasteiger partial charge in [0.2, 0.25) is 5.91 Å².